The molecule has 0 nitrogen and oxygen atoms in total. The van der Waals surface area contributed by atoms with Gasteiger partial charge in [-0.15, -0.1) is 0 Å². The van der Waals surface area contributed by atoms with Gasteiger partial charge in [0.25, 0.3) is 0 Å². The number of hydrogen-bond donors (Lipinski definition) is 0. The lowest BCUT2D eigenvalue weighted by molar-refractivity contribution is 0.767. The third-order valence-corrected chi connectivity index (χ3v) is 9.59. The summed E-state index contributed by atoms with van der Waals surface area (Å²) in [5, 5.41) is 0. The van der Waals surface area contributed by atoms with Crippen molar-refractivity contribution in [3.05, 3.63) is 46.6 Å². The minimum absolute atomic E-state index is 0.500. The van der Waals surface area contributed by atoms with E-state index >= 15 is 0 Å². The molecule has 0 aliphatic heterocycles. The van der Waals surface area contributed by atoms with Gasteiger partial charge in [-0.05, 0) is 50.8 Å². The van der Waals surface area contributed by atoms with E-state index in [9.17, 15) is 0 Å². The van der Waals surface area contributed by atoms with E-state index in [1.807, 2.05) is 0 Å². The fourth-order valence-electron chi connectivity index (χ4n) is 3.74. The van der Waals surface area contributed by atoms with E-state index in [2.05, 4.69) is 58.5 Å². The van der Waals surface area contributed by atoms with Crippen LogP contribution in [0.3, 0.4) is 0 Å². The fourth-order valence-corrected chi connectivity index (χ4v) is 7.35. The van der Waals surface area contributed by atoms with Crippen LogP contribution < -0.4 is 0 Å². The van der Waals surface area contributed by atoms with Crippen molar-refractivity contribution in [3.63, 3.8) is 0 Å². The highest BCUT2D eigenvalue weighted by atomic mass is 35.6. The van der Waals surface area contributed by atoms with Crippen molar-refractivity contribution in [3.8, 4) is 0 Å². The summed E-state index contributed by atoms with van der Waals surface area (Å²) >= 11 is 7.04. The first-order chi connectivity index (χ1) is 9.88. The molecule has 0 N–H and O–H groups in total. The summed E-state index contributed by atoms with van der Waals surface area (Å²) in [5.41, 5.74) is 6.84. The second kappa shape index (κ2) is 6.70. The predicted octanol–water partition coefficient (Wildman–Crippen LogP) is 6.77. The van der Waals surface area contributed by atoms with Crippen LogP contribution in [0.1, 0.15) is 47.0 Å². The lowest BCUT2D eigenvalue weighted by atomic mass is 9.98. The van der Waals surface area contributed by atoms with Crippen LogP contribution in [0.5, 0.6) is 0 Å². The quantitative estimate of drug-likeness (QED) is 0.374. The second-order valence-corrected chi connectivity index (χ2v) is 13.1. The molecule has 0 bridgehead atoms. The molecule has 0 heterocycles. The van der Waals surface area contributed by atoms with Crippen molar-refractivity contribution in [2.45, 2.75) is 65.1 Å². The number of allylic oxidation sites excluding steroid dienone is 8. The second-order valence-electron chi connectivity index (χ2n) is 6.90. The van der Waals surface area contributed by atoms with Gasteiger partial charge >= 0.3 is 0 Å². The normalized spacial score (nSPS) is 25.3. The molecule has 2 heteroatoms. The van der Waals surface area contributed by atoms with Crippen LogP contribution in [-0.2, 0) is 0 Å². The van der Waals surface area contributed by atoms with Crippen molar-refractivity contribution >= 4 is 18.5 Å². The van der Waals surface area contributed by atoms with Crippen molar-refractivity contribution < 1.29 is 0 Å². The van der Waals surface area contributed by atoms with Crippen molar-refractivity contribution in [2.24, 2.45) is 5.92 Å². The highest BCUT2D eigenvalue weighted by Crippen LogP contribution is 2.46. The largest absolute Gasteiger partial charge is 0.166 e. The molecule has 0 saturated heterocycles. The molecule has 2 atom stereocenters. The molecule has 2 aliphatic carbocycles. The Morgan fingerprint density at radius 2 is 1.71 bits per heavy atom. The van der Waals surface area contributed by atoms with Crippen molar-refractivity contribution in [1.82, 2.24) is 0 Å². The summed E-state index contributed by atoms with van der Waals surface area (Å²) in [6, 6.07) is 1.17. The van der Waals surface area contributed by atoms with E-state index in [0.29, 0.717) is 11.5 Å². The Labute approximate surface area is 136 Å². The van der Waals surface area contributed by atoms with Gasteiger partial charge in [0.05, 0.1) is 0 Å². The molecular weight excluding hydrogens is 292 g/mol. The zero-order valence-electron chi connectivity index (χ0n) is 14.2. The maximum atomic E-state index is 7.04. The third kappa shape index (κ3) is 3.45. The standard InChI is InChI=1S/C19H29ClSi/c1-6-7-12-18-14(2)15(3)19(16(18)4)13-21(5,20)17-10-8-9-11-17/h8-11,17,19H,6-7,12-13H2,1-5H3. The zero-order valence-corrected chi connectivity index (χ0v) is 15.9. The summed E-state index contributed by atoms with van der Waals surface area (Å²) < 4.78 is 0. The summed E-state index contributed by atoms with van der Waals surface area (Å²) in [4.78, 5) is 0. The summed E-state index contributed by atoms with van der Waals surface area (Å²) in [6.07, 6.45) is 12.7. The van der Waals surface area contributed by atoms with Crippen LogP contribution in [0.2, 0.25) is 18.1 Å². The smallest absolute Gasteiger partial charge is 0.164 e. The highest BCUT2D eigenvalue weighted by molar-refractivity contribution is 7.21. The molecule has 0 fully saturated rings. The van der Waals surface area contributed by atoms with Crippen LogP contribution in [-0.4, -0.2) is 7.38 Å². The molecule has 0 saturated carbocycles. The van der Waals surface area contributed by atoms with Gasteiger partial charge in [0, 0.05) is 11.5 Å². The van der Waals surface area contributed by atoms with Crippen LogP contribution in [0, 0.1) is 5.92 Å². The van der Waals surface area contributed by atoms with E-state index in [4.69, 9.17) is 11.1 Å². The Morgan fingerprint density at radius 3 is 2.29 bits per heavy atom. The van der Waals surface area contributed by atoms with Gasteiger partial charge in [-0.1, -0.05) is 55.3 Å². The summed E-state index contributed by atoms with van der Waals surface area (Å²) in [5.74, 6) is 0.591. The molecule has 0 radical (unpaired) electrons. The molecule has 2 rings (SSSR count). The summed E-state index contributed by atoms with van der Waals surface area (Å²) in [6.45, 7) is 11.6. The fraction of sp³-hybridized carbons (Fsp3) is 0.579. The first-order valence-corrected chi connectivity index (χ1v) is 12.1. The lowest BCUT2D eigenvalue weighted by Crippen LogP contribution is -2.30. The molecule has 0 aromatic heterocycles. The highest BCUT2D eigenvalue weighted by Gasteiger charge is 2.38. The van der Waals surface area contributed by atoms with Gasteiger partial charge in [0.15, 0.2) is 7.38 Å². The SMILES string of the molecule is CCCCC1=C(C)C(C[Si](C)(Cl)C2C=CC=C2)C(C)=C1C. The molecule has 21 heavy (non-hydrogen) atoms. The van der Waals surface area contributed by atoms with Crippen LogP contribution in [0.25, 0.3) is 0 Å². The number of hydrogen-bond acceptors (Lipinski definition) is 0. The molecule has 116 valence electrons. The van der Waals surface area contributed by atoms with Gasteiger partial charge in [-0.2, -0.15) is 11.1 Å². The van der Waals surface area contributed by atoms with Gasteiger partial charge in [0.1, 0.15) is 0 Å². The molecule has 2 aliphatic rings. The maximum Gasteiger partial charge on any atom is 0.164 e. The molecule has 2 unspecified atom stereocenters. The predicted molar refractivity (Wildman–Crippen MR) is 98.4 cm³/mol. The molecule has 0 spiro atoms. The van der Waals surface area contributed by atoms with Gasteiger partial charge in [0.2, 0.25) is 0 Å². The number of rotatable bonds is 6. The van der Waals surface area contributed by atoms with E-state index in [-0.39, 0.29) is 0 Å². The van der Waals surface area contributed by atoms with Crippen molar-refractivity contribution in [2.75, 3.05) is 0 Å². The van der Waals surface area contributed by atoms with E-state index < -0.39 is 7.38 Å². The monoisotopic (exact) mass is 320 g/mol. The van der Waals surface area contributed by atoms with E-state index in [1.165, 1.54) is 25.3 Å². The Kier molecular flexibility index (Phi) is 5.37. The molecular formula is C19H29ClSi. The van der Waals surface area contributed by atoms with Gasteiger partial charge in [-0.3, -0.25) is 0 Å². The summed E-state index contributed by atoms with van der Waals surface area (Å²) in [7, 11) is -1.78. The number of unbranched alkanes of at least 4 members (excludes halogenated alkanes) is 1. The van der Waals surface area contributed by atoms with E-state index in [1.54, 1.807) is 22.3 Å². The van der Waals surface area contributed by atoms with Crippen LogP contribution >= 0.6 is 11.1 Å². The van der Waals surface area contributed by atoms with Crippen LogP contribution in [0.4, 0.5) is 0 Å². The first kappa shape index (κ1) is 16.8. The Morgan fingerprint density at radius 1 is 1.10 bits per heavy atom. The Balaban J connectivity index is 2.18. The third-order valence-electron chi connectivity index (χ3n) is 5.39. The minimum Gasteiger partial charge on any atom is -0.166 e. The number of halogens is 1. The molecule has 0 aromatic carbocycles. The lowest BCUT2D eigenvalue weighted by Gasteiger charge is -2.29. The first-order valence-electron chi connectivity index (χ1n) is 8.29. The molecule has 0 amide bonds. The topological polar surface area (TPSA) is 0 Å². The van der Waals surface area contributed by atoms with Gasteiger partial charge in [-0.25, -0.2) is 0 Å². The Hall–Kier alpha value is -0.533. The van der Waals surface area contributed by atoms with Crippen molar-refractivity contribution in [1.29, 1.82) is 0 Å². The average Bonchev–Trinajstić information content (AvgIpc) is 3.03. The zero-order chi connectivity index (χ0) is 15.6. The van der Waals surface area contributed by atoms with Crippen LogP contribution in [0.15, 0.2) is 46.6 Å². The minimum atomic E-state index is -1.78. The molecule has 0 aromatic rings. The van der Waals surface area contributed by atoms with Gasteiger partial charge < -0.3 is 0 Å². The maximum absolute atomic E-state index is 7.04. The van der Waals surface area contributed by atoms with E-state index in [0.717, 1.165) is 0 Å². The Bertz CT molecular complexity index is 508. The average molecular weight is 321 g/mol.